The first-order valence-electron chi connectivity index (χ1n) is 34.5. The third-order valence-electron chi connectivity index (χ3n) is 15.5. The number of carbonyl (C=O) groups excluding carboxylic acids is 2. The van der Waals surface area contributed by atoms with Gasteiger partial charge in [-0.05, 0) is 70.6 Å². The first-order valence-corrected chi connectivity index (χ1v) is 36.0. The van der Waals surface area contributed by atoms with Crippen LogP contribution in [0.1, 0.15) is 361 Å². The zero-order valence-corrected chi connectivity index (χ0v) is 53.3. The van der Waals surface area contributed by atoms with Crippen LogP contribution in [-0.2, 0) is 32.7 Å². The number of nitrogens with two attached hydrogens (primary N) is 1. The highest BCUT2D eigenvalue weighted by Crippen LogP contribution is 2.43. The Balaban J connectivity index is 3.84. The quantitative estimate of drug-likeness (QED) is 0.0264. The lowest BCUT2D eigenvalue weighted by atomic mass is 10.0. The molecule has 0 aromatic heterocycles. The van der Waals surface area contributed by atoms with Gasteiger partial charge in [0.1, 0.15) is 6.61 Å². The van der Waals surface area contributed by atoms with Crippen molar-refractivity contribution in [3.05, 3.63) is 36.5 Å². The second-order valence-corrected chi connectivity index (χ2v) is 24.8. The fourth-order valence-corrected chi connectivity index (χ4v) is 11.1. The van der Waals surface area contributed by atoms with Gasteiger partial charge >= 0.3 is 19.8 Å². The highest BCUT2D eigenvalue weighted by Gasteiger charge is 2.26. The van der Waals surface area contributed by atoms with Crippen LogP contribution >= 0.6 is 7.82 Å². The first kappa shape index (κ1) is 77.2. The van der Waals surface area contributed by atoms with Crippen LogP contribution in [-0.4, -0.2) is 49.3 Å². The zero-order valence-electron chi connectivity index (χ0n) is 52.4. The van der Waals surface area contributed by atoms with Crippen LogP contribution in [0.5, 0.6) is 0 Å². The summed E-state index contributed by atoms with van der Waals surface area (Å²) in [5.41, 5.74) is 5.40. The Kier molecular flexibility index (Phi) is 63.9. The summed E-state index contributed by atoms with van der Waals surface area (Å²) in [6, 6.07) is 0. The molecule has 0 bridgehead atoms. The molecule has 0 amide bonds. The van der Waals surface area contributed by atoms with E-state index in [1.807, 2.05) is 0 Å². The minimum atomic E-state index is -4.39. The minimum Gasteiger partial charge on any atom is -0.462 e. The summed E-state index contributed by atoms with van der Waals surface area (Å²) in [6.07, 6.45) is 80.9. The number of allylic oxidation sites excluding steroid dienone is 6. The second kappa shape index (κ2) is 65.4. The van der Waals surface area contributed by atoms with Gasteiger partial charge in [0.2, 0.25) is 0 Å². The van der Waals surface area contributed by atoms with Crippen molar-refractivity contribution in [1.29, 1.82) is 0 Å². The molecule has 0 fully saturated rings. The molecular formula is C69H132NO8P. The van der Waals surface area contributed by atoms with E-state index in [-0.39, 0.29) is 38.6 Å². The molecule has 2 unspecified atom stereocenters. The molecule has 0 spiro atoms. The van der Waals surface area contributed by atoms with Crippen molar-refractivity contribution < 1.29 is 37.6 Å². The molecule has 0 saturated carbocycles. The summed E-state index contributed by atoms with van der Waals surface area (Å²) in [5.74, 6) is -0.806. The fraction of sp³-hybridized carbons (Fsp3) is 0.884. The van der Waals surface area contributed by atoms with Crippen LogP contribution in [0.4, 0.5) is 0 Å². The van der Waals surface area contributed by atoms with Gasteiger partial charge in [-0.3, -0.25) is 18.6 Å². The predicted molar refractivity (Wildman–Crippen MR) is 340 cm³/mol. The molecule has 10 heteroatoms. The summed E-state index contributed by atoms with van der Waals surface area (Å²) in [7, 11) is -4.39. The van der Waals surface area contributed by atoms with E-state index in [0.29, 0.717) is 6.42 Å². The summed E-state index contributed by atoms with van der Waals surface area (Å²) in [5, 5.41) is 0. The Hall–Kier alpha value is -1.77. The smallest absolute Gasteiger partial charge is 0.462 e. The maximum Gasteiger partial charge on any atom is 0.472 e. The second-order valence-electron chi connectivity index (χ2n) is 23.4. The van der Waals surface area contributed by atoms with E-state index in [1.165, 1.54) is 289 Å². The van der Waals surface area contributed by atoms with Gasteiger partial charge in [-0.25, -0.2) is 4.57 Å². The number of phosphoric acid groups is 1. The van der Waals surface area contributed by atoms with Crippen molar-refractivity contribution in [3.8, 4) is 0 Å². The molecule has 0 heterocycles. The largest absolute Gasteiger partial charge is 0.472 e. The van der Waals surface area contributed by atoms with Crippen LogP contribution in [0.2, 0.25) is 0 Å². The zero-order chi connectivity index (χ0) is 57.3. The highest BCUT2D eigenvalue weighted by atomic mass is 31.2. The molecule has 0 radical (unpaired) electrons. The molecule has 466 valence electrons. The van der Waals surface area contributed by atoms with Crippen molar-refractivity contribution in [2.75, 3.05) is 26.4 Å². The maximum atomic E-state index is 12.8. The lowest BCUT2D eigenvalue weighted by molar-refractivity contribution is -0.161. The van der Waals surface area contributed by atoms with Crippen molar-refractivity contribution in [2.24, 2.45) is 5.73 Å². The highest BCUT2D eigenvalue weighted by molar-refractivity contribution is 7.47. The van der Waals surface area contributed by atoms with Crippen LogP contribution in [0, 0.1) is 0 Å². The van der Waals surface area contributed by atoms with Crippen LogP contribution < -0.4 is 5.73 Å². The summed E-state index contributed by atoms with van der Waals surface area (Å²) in [6.45, 7) is 3.80. The fourth-order valence-electron chi connectivity index (χ4n) is 10.4. The molecule has 0 aliphatic heterocycles. The van der Waals surface area contributed by atoms with E-state index < -0.39 is 26.5 Å². The van der Waals surface area contributed by atoms with Crippen molar-refractivity contribution in [3.63, 3.8) is 0 Å². The molecule has 3 N–H and O–H groups in total. The lowest BCUT2D eigenvalue weighted by Crippen LogP contribution is -2.29. The normalized spacial score (nSPS) is 13.1. The van der Waals surface area contributed by atoms with Gasteiger partial charge in [-0.15, -0.1) is 0 Å². The van der Waals surface area contributed by atoms with Crippen LogP contribution in [0.25, 0.3) is 0 Å². The monoisotopic (exact) mass is 1130 g/mol. The Labute approximate surface area is 490 Å². The number of rotatable bonds is 66. The molecule has 0 aromatic rings. The molecule has 0 aliphatic rings. The third kappa shape index (κ3) is 65.3. The molecule has 9 nitrogen and oxygen atoms in total. The summed E-state index contributed by atoms with van der Waals surface area (Å²) < 4.78 is 33.2. The Morgan fingerprint density at radius 3 is 0.975 bits per heavy atom. The van der Waals surface area contributed by atoms with E-state index >= 15 is 0 Å². The SMILES string of the molecule is CCCCCCC/C=C\C/C=C\CCCCCCCCCCCCCCCCCCCCCC(=O)OC(COC(=O)CCCCCCCCCCCCCCCCC/C=C\CCCCCCCCCC)COP(=O)(O)OCCN. The lowest BCUT2D eigenvalue weighted by Gasteiger charge is -2.19. The maximum absolute atomic E-state index is 12.8. The van der Waals surface area contributed by atoms with Crippen molar-refractivity contribution in [2.45, 2.75) is 367 Å². The van der Waals surface area contributed by atoms with E-state index in [9.17, 15) is 19.0 Å². The molecule has 0 rings (SSSR count). The predicted octanol–water partition coefficient (Wildman–Crippen LogP) is 22.3. The molecule has 79 heavy (non-hydrogen) atoms. The average molecular weight is 1130 g/mol. The van der Waals surface area contributed by atoms with Gasteiger partial charge in [-0.2, -0.15) is 0 Å². The average Bonchev–Trinajstić information content (AvgIpc) is 3.44. The van der Waals surface area contributed by atoms with Crippen LogP contribution in [0.15, 0.2) is 36.5 Å². The van der Waals surface area contributed by atoms with Gasteiger partial charge < -0.3 is 20.1 Å². The summed E-state index contributed by atoms with van der Waals surface area (Å²) >= 11 is 0. The number of esters is 2. The molecule has 0 saturated heterocycles. The van der Waals surface area contributed by atoms with Crippen molar-refractivity contribution >= 4 is 19.8 Å². The van der Waals surface area contributed by atoms with Crippen molar-refractivity contribution in [1.82, 2.24) is 0 Å². The Bertz CT molecular complexity index is 1390. The van der Waals surface area contributed by atoms with E-state index in [4.69, 9.17) is 24.3 Å². The van der Waals surface area contributed by atoms with E-state index in [0.717, 1.165) is 38.5 Å². The molecule has 0 aromatic carbocycles. The standard InChI is InChI=1S/C69H132NO8P/c1-3-5-7-9-11-13-15-17-19-21-23-25-27-29-31-32-33-34-36-38-40-42-44-46-48-50-52-54-56-58-60-62-69(72)78-67(66-77-79(73,74)76-64-63-70)65-75-68(71)61-59-57-55-53-51-49-47-45-43-41-39-37-35-30-28-26-24-22-20-18-16-14-12-10-8-6-4-2/h15,17,21-24,67H,3-14,16,18-20,25-66,70H2,1-2H3,(H,73,74)/b17-15-,23-21-,24-22-. The number of carbonyl (C=O) groups is 2. The topological polar surface area (TPSA) is 134 Å². The minimum absolute atomic E-state index is 0.0558. The molecule has 0 aliphatic carbocycles. The number of unbranched alkanes of at least 4 members (excludes halogenated alkanes) is 47. The molecular weight excluding hydrogens is 1000 g/mol. The van der Waals surface area contributed by atoms with Gasteiger partial charge in [0.15, 0.2) is 6.10 Å². The van der Waals surface area contributed by atoms with Gasteiger partial charge in [0, 0.05) is 19.4 Å². The summed E-state index contributed by atoms with van der Waals surface area (Å²) in [4.78, 5) is 35.3. The number of hydrogen-bond acceptors (Lipinski definition) is 8. The van der Waals surface area contributed by atoms with E-state index in [1.54, 1.807) is 0 Å². The number of hydrogen-bond donors (Lipinski definition) is 2. The third-order valence-corrected chi connectivity index (χ3v) is 16.5. The van der Waals surface area contributed by atoms with Gasteiger partial charge in [0.25, 0.3) is 0 Å². The first-order chi connectivity index (χ1) is 38.8. The van der Waals surface area contributed by atoms with Gasteiger partial charge in [-0.1, -0.05) is 314 Å². The van der Waals surface area contributed by atoms with Gasteiger partial charge in [0.05, 0.1) is 13.2 Å². The van der Waals surface area contributed by atoms with E-state index in [2.05, 4.69) is 50.3 Å². The Morgan fingerprint density at radius 1 is 0.380 bits per heavy atom. The number of phosphoric ester groups is 1. The van der Waals surface area contributed by atoms with Crippen LogP contribution in [0.3, 0.4) is 0 Å². The number of ether oxygens (including phenoxy) is 2. The molecule has 2 atom stereocenters. The Morgan fingerprint density at radius 2 is 0.658 bits per heavy atom.